The van der Waals surface area contributed by atoms with Gasteiger partial charge in [0.25, 0.3) is 0 Å². The third-order valence-electron chi connectivity index (χ3n) is 5.96. The Morgan fingerprint density at radius 1 is 0.914 bits per heavy atom. The predicted molar refractivity (Wildman–Crippen MR) is 143 cm³/mol. The molecule has 0 spiro atoms. The summed E-state index contributed by atoms with van der Waals surface area (Å²) in [6.45, 7) is 7.09. The van der Waals surface area contributed by atoms with Crippen molar-refractivity contribution in [2.24, 2.45) is 5.92 Å². The summed E-state index contributed by atoms with van der Waals surface area (Å²) < 4.78 is 0. The summed E-state index contributed by atoms with van der Waals surface area (Å²) in [4.78, 5) is 28.9. The van der Waals surface area contributed by atoms with E-state index in [-0.39, 0.29) is 18.2 Å². The van der Waals surface area contributed by atoms with E-state index in [0.29, 0.717) is 36.9 Å². The fourth-order valence-electron chi connectivity index (χ4n) is 4.07. The van der Waals surface area contributed by atoms with Crippen molar-refractivity contribution in [3.8, 4) is 0 Å². The molecule has 3 rings (SSSR count). The van der Waals surface area contributed by atoms with Gasteiger partial charge in [-0.25, -0.2) is 0 Å². The summed E-state index contributed by atoms with van der Waals surface area (Å²) in [5.74, 6) is 0.130. The van der Waals surface area contributed by atoms with Gasteiger partial charge >= 0.3 is 0 Å². The molecule has 3 aromatic carbocycles. The zero-order chi connectivity index (χ0) is 25.2. The van der Waals surface area contributed by atoms with E-state index in [1.807, 2.05) is 79.7 Å². The second-order valence-corrected chi connectivity index (χ2v) is 9.85. The quantitative estimate of drug-likeness (QED) is 0.358. The van der Waals surface area contributed by atoms with E-state index in [4.69, 9.17) is 11.6 Å². The summed E-state index contributed by atoms with van der Waals surface area (Å²) in [5, 5.41) is 3.72. The molecule has 0 saturated carbocycles. The van der Waals surface area contributed by atoms with E-state index in [1.165, 1.54) is 0 Å². The van der Waals surface area contributed by atoms with Crippen LogP contribution in [-0.4, -0.2) is 29.3 Å². The minimum atomic E-state index is -0.615. The first-order valence-electron chi connectivity index (χ1n) is 12.2. The molecule has 0 fully saturated rings. The zero-order valence-electron chi connectivity index (χ0n) is 20.8. The highest BCUT2D eigenvalue weighted by molar-refractivity contribution is 6.31. The van der Waals surface area contributed by atoms with E-state index < -0.39 is 6.04 Å². The lowest BCUT2D eigenvalue weighted by Crippen LogP contribution is -2.51. The van der Waals surface area contributed by atoms with Crippen molar-refractivity contribution in [2.75, 3.05) is 6.54 Å². The highest BCUT2D eigenvalue weighted by Gasteiger charge is 2.30. The molecule has 184 valence electrons. The number of rotatable bonds is 11. The number of amides is 2. The SMILES string of the molecule is Cc1cccc(CN(C(=O)CCc2ccccc2Cl)[C@H](Cc2ccccc2)C(=O)NCC(C)C)c1. The molecule has 0 bridgehead atoms. The Morgan fingerprint density at radius 3 is 2.29 bits per heavy atom. The molecule has 0 aliphatic heterocycles. The maximum atomic E-state index is 13.7. The molecular weight excluding hydrogens is 456 g/mol. The largest absolute Gasteiger partial charge is 0.354 e. The van der Waals surface area contributed by atoms with Crippen LogP contribution in [0.2, 0.25) is 5.02 Å². The lowest BCUT2D eigenvalue weighted by atomic mass is 10.0. The summed E-state index contributed by atoms with van der Waals surface area (Å²) in [6, 6.07) is 24.9. The number of hydrogen-bond donors (Lipinski definition) is 1. The molecule has 5 heteroatoms. The summed E-state index contributed by atoms with van der Waals surface area (Å²) in [6.07, 6.45) is 1.25. The van der Waals surface area contributed by atoms with Crippen molar-refractivity contribution in [2.45, 2.75) is 52.6 Å². The van der Waals surface area contributed by atoms with Crippen LogP contribution in [0.5, 0.6) is 0 Å². The number of aryl methyl sites for hydroxylation is 2. The van der Waals surface area contributed by atoms with Crippen LogP contribution in [0.4, 0.5) is 0 Å². The van der Waals surface area contributed by atoms with Gasteiger partial charge in [-0.1, -0.05) is 104 Å². The van der Waals surface area contributed by atoms with Gasteiger partial charge in [-0.2, -0.15) is 0 Å². The minimum Gasteiger partial charge on any atom is -0.354 e. The van der Waals surface area contributed by atoms with Crippen molar-refractivity contribution in [1.29, 1.82) is 0 Å². The molecule has 2 amide bonds. The lowest BCUT2D eigenvalue weighted by Gasteiger charge is -2.32. The second kappa shape index (κ2) is 13.1. The highest BCUT2D eigenvalue weighted by atomic mass is 35.5. The Kier molecular flexibility index (Phi) is 9.92. The van der Waals surface area contributed by atoms with Gasteiger partial charge in [0, 0.05) is 31.0 Å². The molecule has 1 N–H and O–H groups in total. The first-order valence-corrected chi connectivity index (χ1v) is 12.6. The topological polar surface area (TPSA) is 49.4 Å². The van der Waals surface area contributed by atoms with E-state index in [9.17, 15) is 9.59 Å². The van der Waals surface area contributed by atoms with Crippen molar-refractivity contribution in [3.63, 3.8) is 0 Å². The van der Waals surface area contributed by atoms with Crippen LogP contribution < -0.4 is 5.32 Å². The van der Waals surface area contributed by atoms with Crippen molar-refractivity contribution in [1.82, 2.24) is 10.2 Å². The molecule has 35 heavy (non-hydrogen) atoms. The predicted octanol–water partition coefficient (Wildman–Crippen LogP) is 5.99. The third kappa shape index (κ3) is 8.25. The number of carbonyl (C=O) groups excluding carboxylic acids is 2. The van der Waals surface area contributed by atoms with Crippen LogP contribution in [0.15, 0.2) is 78.9 Å². The lowest BCUT2D eigenvalue weighted by molar-refractivity contribution is -0.141. The van der Waals surface area contributed by atoms with E-state index in [1.54, 1.807) is 4.90 Å². The standard InChI is InChI=1S/C30H35ClN2O2/c1-22(2)20-32-30(35)28(19-24-11-5-4-6-12-24)33(21-25-13-9-10-23(3)18-25)29(34)17-16-26-14-7-8-15-27(26)31/h4-15,18,22,28H,16-17,19-21H2,1-3H3,(H,32,35)/t28-/m1/s1. The Morgan fingerprint density at radius 2 is 1.60 bits per heavy atom. The molecule has 0 unspecified atom stereocenters. The molecule has 1 atom stereocenters. The second-order valence-electron chi connectivity index (χ2n) is 9.45. The van der Waals surface area contributed by atoms with Gasteiger partial charge in [0.05, 0.1) is 0 Å². The van der Waals surface area contributed by atoms with Gasteiger partial charge in [0.1, 0.15) is 6.04 Å². The summed E-state index contributed by atoms with van der Waals surface area (Å²) in [5.41, 5.74) is 4.08. The molecule has 0 radical (unpaired) electrons. The maximum Gasteiger partial charge on any atom is 0.243 e. The van der Waals surface area contributed by atoms with Crippen molar-refractivity contribution >= 4 is 23.4 Å². The van der Waals surface area contributed by atoms with E-state index >= 15 is 0 Å². The van der Waals surface area contributed by atoms with Crippen molar-refractivity contribution in [3.05, 3.63) is 106 Å². The van der Waals surface area contributed by atoms with Crippen LogP contribution >= 0.6 is 11.6 Å². The molecular formula is C30H35ClN2O2. The Hall–Kier alpha value is -3.11. The van der Waals surface area contributed by atoms with Gasteiger partial charge in [-0.3, -0.25) is 9.59 Å². The van der Waals surface area contributed by atoms with Gasteiger partial charge in [0.2, 0.25) is 11.8 Å². The van der Waals surface area contributed by atoms with Gasteiger partial charge in [0.15, 0.2) is 0 Å². The average Bonchev–Trinajstić information content (AvgIpc) is 2.84. The maximum absolute atomic E-state index is 13.7. The van der Waals surface area contributed by atoms with E-state index in [2.05, 4.69) is 25.2 Å². The number of benzene rings is 3. The molecule has 0 saturated heterocycles. The van der Waals surface area contributed by atoms with Gasteiger partial charge in [-0.15, -0.1) is 0 Å². The number of halogens is 1. The highest BCUT2D eigenvalue weighted by Crippen LogP contribution is 2.20. The number of hydrogen-bond acceptors (Lipinski definition) is 2. The fraction of sp³-hybridized carbons (Fsp3) is 0.333. The van der Waals surface area contributed by atoms with Gasteiger partial charge < -0.3 is 10.2 Å². The monoisotopic (exact) mass is 490 g/mol. The summed E-state index contributed by atoms with van der Waals surface area (Å²) in [7, 11) is 0. The first kappa shape index (κ1) is 26.5. The minimum absolute atomic E-state index is 0.0629. The number of nitrogens with zero attached hydrogens (tertiary/aromatic N) is 1. The number of nitrogens with one attached hydrogen (secondary N) is 1. The van der Waals surface area contributed by atoms with Crippen LogP contribution in [-0.2, 0) is 29.0 Å². The number of carbonyl (C=O) groups is 2. The molecule has 0 aliphatic rings. The molecule has 0 aromatic heterocycles. The van der Waals surface area contributed by atoms with Crippen LogP contribution in [0, 0.1) is 12.8 Å². The normalized spacial score (nSPS) is 11.8. The third-order valence-corrected chi connectivity index (χ3v) is 6.33. The molecule has 0 aliphatic carbocycles. The Labute approximate surface area is 214 Å². The Bertz CT molecular complexity index is 1110. The summed E-state index contributed by atoms with van der Waals surface area (Å²) >= 11 is 6.34. The smallest absolute Gasteiger partial charge is 0.243 e. The molecule has 0 heterocycles. The van der Waals surface area contributed by atoms with Crippen LogP contribution in [0.3, 0.4) is 0 Å². The van der Waals surface area contributed by atoms with Gasteiger partial charge in [-0.05, 0) is 42.0 Å². The first-order chi connectivity index (χ1) is 16.8. The zero-order valence-corrected chi connectivity index (χ0v) is 21.6. The van der Waals surface area contributed by atoms with E-state index in [0.717, 1.165) is 22.3 Å². The fourth-order valence-corrected chi connectivity index (χ4v) is 4.30. The Balaban J connectivity index is 1.91. The van der Waals surface area contributed by atoms with Crippen LogP contribution in [0.1, 0.15) is 42.5 Å². The molecule has 3 aromatic rings. The van der Waals surface area contributed by atoms with Crippen LogP contribution in [0.25, 0.3) is 0 Å². The average molecular weight is 491 g/mol. The molecule has 4 nitrogen and oxygen atoms in total. The van der Waals surface area contributed by atoms with Crippen molar-refractivity contribution < 1.29 is 9.59 Å².